The van der Waals surface area contributed by atoms with Crippen LogP contribution in [0.5, 0.6) is 0 Å². The second kappa shape index (κ2) is 7.80. The first-order chi connectivity index (χ1) is 10.6. The molecular formula is C18H30N2O2. The predicted molar refractivity (Wildman–Crippen MR) is 87.8 cm³/mol. The molecule has 4 heteroatoms. The number of rotatable bonds is 7. The number of nitrogens with one attached hydrogen (secondary N) is 2. The molecule has 2 N–H and O–H groups in total. The van der Waals surface area contributed by atoms with Crippen molar-refractivity contribution in [3.05, 3.63) is 12.4 Å². The fourth-order valence-electron chi connectivity index (χ4n) is 3.90. The number of unbranched alkanes of at least 4 members (excludes halogenated alkanes) is 3. The van der Waals surface area contributed by atoms with Crippen LogP contribution < -0.4 is 10.6 Å². The Morgan fingerprint density at radius 1 is 1.05 bits per heavy atom. The van der Waals surface area contributed by atoms with Gasteiger partial charge in [-0.1, -0.05) is 71.3 Å². The predicted octanol–water partition coefficient (Wildman–Crippen LogP) is 3.63. The summed E-state index contributed by atoms with van der Waals surface area (Å²) in [6.45, 7) is 5.84. The van der Waals surface area contributed by atoms with Gasteiger partial charge in [-0.25, -0.2) is 0 Å². The van der Waals surface area contributed by atoms with Gasteiger partial charge in [0.05, 0.1) is 0 Å². The molecule has 4 nitrogen and oxygen atoms in total. The first-order valence-corrected chi connectivity index (χ1v) is 8.90. The van der Waals surface area contributed by atoms with E-state index in [1.807, 2.05) is 0 Å². The summed E-state index contributed by atoms with van der Waals surface area (Å²) < 4.78 is 0. The number of amides is 2. The second-order valence-electron chi connectivity index (χ2n) is 6.99. The maximum atomic E-state index is 12.6. The fourth-order valence-corrected chi connectivity index (χ4v) is 3.90. The minimum atomic E-state index is -0.878. The summed E-state index contributed by atoms with van der Waals surface area (Å²) in [5.74, 6) is 0.553. The van der Waals surface area contributed by atoms with Crippen LogP contribution in [0, 0.1) is 11.3 Å². The van der Waals surface area contributed by atoms with Crippen molar-refractivity contribution in [2.75, 3.05) is 0 Å². The molecule has 2 fully saturated rings. The van der Waals surface area contributed by atoms with Crippen LogP contribution in [0.2, 0.25) is 0 Å². The third kappa shape index (κ3) is 3.90. The lowest BCUT2D eigenvalue weighted by molar-refractivity contribution is -0.148. The largest absolute Gasteiger partial charge is 0.312 e. The Balaban J connectivity index is 2.09. The zero-order valence-corrected chi connectivity index (χ0v) is 13.9. The second-order valence-corrected chi connectivity index (χ2v) is 6.99. The fraction of sp³-hybridized carbons (Fsp3) is 0.778. The lowest BCUT2D eigenvalue weighted by Gasteiger charge is -2.39. The van der Waals surface area contributed by atoms with E-state index in [4.69, 9.17) is 0 Å². The molecule has 2 rings (SSSR count). The highest BCUT2D eigenvalue weighted by Gasteiger charge is 2.49. The van der Waals surface area contributed by atoms with Crippen LogP contribution in [0.3, 0.4) is 0 Å². The van der Waals surface area contributed by atoms with Crippen molar-refractivity contribution < 1.29 is 9.59 Å². The zero-order valence-electron chi connectivity index (χ0n) is 13.9. The smallest absolute Gasteiger partial charge is 0.241 e. The lowest BCUT2D eigenvalue weighted by atomic mass is 9.69. The molecule has 0 aromatic heterocycles. The van der Waals surface area contributed by atoms with Gasteiger partial charge in [-0.2, -0.15) is 0 Å². The van der Waals surface area contributed by atoms with Crippen molar-refractivity contribution in [2.24, 2.45) is 11.3 Å². The van der Waals surface area contributed by atoms with Crippen LogP contribution in [0.15, 0.2) is 12.4 Å². The van der Waals surface area contributed by atoms with Gasteiger partial charge in [0.2, 0.25) is 11.8 Å². The summed E-state index contributed by atoms with van der Waals surface area (Å²) in [5, 5.41) is 5.53. The van der Waals surface area contributed by atoms with Crippen molar-refractivity contribution in [1.29, 1.82) is 0 Å². The SMILES string of the molecule is C=C1NC(=O)C(CCCCCC)(CC2CCCCC2)C(=O)N1. The summed E-state index contributed by atoms with van der Waals surface area (Å²) >= 11 is 0. The summed E-state index contributed by atoms with van der Waals surface area (Å²) in [7, 11) is 0. The molecule has 1 aliphatic heterocycles. The van der Waals surface area contributed by atoms with Gasteiger partial charge in [0, 0.05) is 0 Å². The average molecular weight is 306 g/mol. The van der Waals surface area contributed by atoms with Crippen LogP contribution in [-0.4, -0.2) is 11.8 Å². The molecule has 0 radical (unpaired) electrons. The molecule has 0 aromatic rings. The molecule has 0 aromatic carbocycles. The molecule has 1 saturated heterocycles. The van der Waals surface area contributed by atoms with Crippen LogP contribution in [0.25, 0.3) is 0 Å². The first kappa shape index (κ1) is 17.0. The van der Waals surface area contributed by atoms with Gasteiger partial charge in [-0.05, 0) is 18.8 Å². The van der Waals surface area contributed by atoms with E-state index in [1.165, 1.54) is 19.3 Å². The number of hydrogen-bond donors (Lipinski definition) is 2. The summed E-state index contributed by atoms with van der Waals surface area (Å²) in [6, 6.07) is 0. The standard InChI is InChI=1S/C18H30N2O2/c1-3-4-5-9-12-18(13-15-10-7-6-8-11-15)16(21)19-14(2)20-17(18)22/h15H,2-13H2,1H3,(H,19,21)(H,20,22). The van der Waals surface area contributed by atoms with Gasteiger partial charge in [-0.3, -0.25) is 9.59 Å². The Bertz CT molecular complexity index is 405. The summed E-state index contributed by atoms with van der Waals surface area (Å²) in [6.07, 6.45) is 11.8. The van der Waals surface area contributed by atoms with E-state index in [9.17, 15) is 9.59 Å². The molecule has 2 aliphatic rings. The minimum Gasteiger partial charge on any atom is -0.312 e. The van der Waals surface area contributed by atoms with Gasteiger partial charge >= 0.3 is 0 Å². The van der Waals surface area contributed by atoms with E-state index in [-0.39, 0.29) is 11.8 Å². The molecule has 0 bridgehead atoms. The number of carbonyl (C=O) groups excluding carboxylic acids is 2. The Morgan fingerprint density at radius 3 is 2.27 bits per heavy atom. The molecule has 2 amide bonds. The summed E-state index contributed by atoms with van der Waals surface area (Å²) in [5.41, 5.74) is -0.878. The van der Waals surface area contributed by atoms with E-state index in [0.29, 0.717) is 24.6 Å². The highest BCUT2D eigenvalue weighted by Crippen LogP contribution is 2.40. The van der Waals surface area contributed by atoms with Gasteiger partial charge in [-0.15, -0.1) is 0 Å². The normalized spacial score (nSPS) is 22.3. The topological polar surface area (TPSA) is 58.2 Å². The summed E-state index contributed by atoms with van der Waals surface area (Å²) in [4.78, 5) is 25.3. The quantitative estimate of drug-likeness (QED) is 0.557. The molecule has 124 valence electrons. The Morgan fingerprint density at radius 2 is 1.68 bits per heavy atom. The Kier molecular flexibility index (Phi) is 6.04. The highest BCUT2D eigenvalue weighted by atomic mass is 16.2. The lowest BCUT2D eigenvalue weighted by Crippen LogP contribution is -2.58. The Labute approximate surface area is 134 Å². The molecule has 1 heterocycles. The molecular weight excluding hydrogens is 276 g/mol. The van der Waals surface area contributed by atoms with Crippen molar-refractivity contribution in [3.8, 4) is 0 Å². The van der Waals surface area contributed by atoms with Crippen molar-refractivity contribution in [2.45, 2.75) is 77.6 Å². The molecule has 1 aliphatic carbocycles. The van der Waals surface area contributed by atoms with Gasteiger partial charge < -0.3 is 10.6 Å². The third-order valence-electron chi connectivity index (χ3n) is 5.22. The van der Waals surface area contributed by atoms with Crippen molar-refractivity contribution in [1.82, 2.24) is 10.6 Å². The molecule has 1 saturated carbocycles. The molecule has 0 spiro atoms. The van der Waals surface area contributed by atoms with E-state index < -0.39 is 5.41 Å². The van der Waals surface area contributed by atoms with E-state index in [1.54, 1.807) is 0 Å². The van der Waals surface area contributed by atoms with E-state index >= 15 is 0 Å². The number of hydrogen-bond acceptors (Lipinski definition) is 2. The van der Waals surface area contributed by atoms with E-state index in [2.05, 4.69) is 24.1 Å². The van der Waals surface area contributed by atoms with Crippen LogP contribution in [0.1, 0.15) is 77.6 Å². The third-order valence-corrected chi connectivity index (χ3v) is 5.22. The first-order valence-electron chi connectivity index (χ1n) is 8.90. The van der Waals surface area contributed by atoms with Gasteiger partial charge in [0.15, 0.2) is 0 Å². The zero-order chi connectivity index (χ0) is 16.0. The van der Waals surface area contributed by atoms with Gasteiger partial charge in [0.25, 0.3) is 0 Å². The van der Waals surface area contributed by atoms with E-state index in [0.717, 1.165) is 38.5 Å². The maximum absolute atomic E-state index is 12.6. The Hall–Kier alpha value is -1.32. The van der Waals surface area contributed by atoms with Gasteiger partial charge in [0.1, 0.15) is 11.2 Å². The number of carbonyl (C=O) groups is 2. The van der Waals surface area contributed by atoms with Crippen molar-refractivity contribution >= 4 is 11.8 Å². The van der Waals surface area contributed by atoms with Crippen molar-refractivity contribution in [3.63, 3.8) is 0 Å². The minimum absolute atomic E-state index is 0.136. The molecule has 0 unspecified atom stereocenters. The average Bonchev–Trinajstić information content (AvgIpc) is 2.49. The monoisotopic (exact) mass is 306 g/mol. The van der Waals surface area contributed by atoms with Crippen LogP contribution in [0.4, 0.5) is 0 Å². The molecule has 0 atom stereocenters. The van der Waals surface area contributed by atoms with Crippen LogP contribution >= 0.6 is 0 Å². The van der Waals surface area contributed by atoms with Crippen LogP contribution in [-0.2, 0) is 9.59 Å². The molecule has 22 heavy (non-hydrogen) atoms. The maximum Gasteiger partial charge on any atom is 0.241 e. The highest BCUT2D eigenvalue weighted by molar-refractivity contribution is 6.08.